The third-order valence-electron chi connectivity index (χ3n) is 4.52. The zero-order valence-corrected chi connectivity index (χ0v) is 14.0. The highest BCUT2D eigenvalue weighted by Crippen LogP contribution is 2.34. The van der Waals surface area contributed by atoms with Crippen LogP contribution in [-0.2, 0) is 6.54 Å². The van der Waals surface area contributed by atoms with Crippen LogP contribution in [0.1, 0.15) is 52.7 Å². The van der Waals surface area contributed by atoms with Gasteiger partial charge in [0.05, 0.1) is 18.1 Å². The molecule has 1 N–H and O–H groups in total. The van der Waals surface area contributed by atoms with Crippen molar-refractivity contribution in [1.82, 2.24) is 15.3 Å². The van der Waals surface area contributed by atoms with Gasteiger partial charge in [0.2, 0.25) is 0 Å². The molecule has 118 valence electrons. The van der Waals surface area contributed by atoms with Gasteiger partial charge in [0.1, 0.15) is 5.82 Å². The van der Waals surface area contributed by atoms with Crippen LogP contribution in [0, 0.1) is 11.3 Å². The molecule has 0 radical (unpaired) electrons. The molecule has 0 aromatic carbocycles. The molecule has 0 bridgehead atoms. The van der Waals surface area contributed by atoms with E-state index in [1.165, 1.54) is 19.3 Å². The van der Waals surface area contributed by atoms with E-state index >= 15 is 0 Å². The van der Waals surface area contributed by atoms with Gasteiger partial charge in [0.15, 0.2) is 0 Å². The third kappa shape index (κ3) is 4.67. The van der Waals surface area contributed by atoms with E-state index in [1.54, 1.807) is 0 Å². The van der Waals surface area contributed by atoms with Crippen molar-refractivity contribution in [3.63, 3.8) is 0 Å². The molecule has 1 unspecified atom stereocenters. The van der Waals surface area contributed by atoms with Crippen LogP contribution in [0.2, 0.25) is 0 Å². The Balaban J connectivity index is 1.96. The first-order chi connectivity index (χ1) is 10.0. The Bertz CT molecular complexity index is 421. The van der Waals surface area contributed by atoms with E-state index in [4.69, 9.17) is 0 Å². The molecule has 4 heteroatoms. The fourth-order valence-corrected chi connectivity index (χ4v) is 3.05. The van der Waals surface area contributed by atoms with Gasteiger partial charge in [-0.25, -0.2) is 4.98 Å². The minimum Gasteiger partial charge on any atom is -0.355 e. The van der Waals surface area contributed by atoms with Crippen LogP contribution >= 0.6 is 0 Å². The molecule has 21 heavy (non-hydrogen) atoms. The van der Waals surface area contributed by atoms with E-state index in [0.29, 0.717) is 5.41 Å². The van der Waals surface area contributed by atoms with Crippen molar-refractivity contribution < 1.29 is 0 Å². The molecule has 1 aliphatic heterocycles. The topological polar surface area (TPSA) is 41.1 Å². The molecule has 1 fully saturated rings. The van der Waals surface area contributed by atoms with Gasteiger partial charge in [-0.1, -0.05) is 27.7 Å². The standard InChI is InChI=1S/C17H30N4/c1-5-18-11-15-12-20-16(13-19-15)21-9-6-7-14(8-10-21)17(2,3)4/h12-14,18H,5-11H2,1-4H3. The molecule has 1 atom stereocenters. The highest BCUT2D eigenvalue weighted by Gasteiger charge is 2.27. The van der Waals surface area contributed by atoms with Gasteiger partial charge in [-0.3, -0.25) is 4.98 Å². The first-order valence-corrected chi connectivity index (χ1v) is 8.27. The Morgan fingerprint density at radius 3 is 2.62 bits per heavy atom. The summed E-state index contributed by atoms with van der Waals surface area (Å²) in [6.45, 7) is 13.2. The molecular formula is C17H30N4. The molecule has 0 saturated carbocycles. The predicted molar refractivity (Wildman–Crippen MR) is 88.4 cm³/mol. The van der Waals surface area contributed by atoms with Crippen LogP contribution in [0.25, 0.3) is 0 Å². The summed E-state index contributed by atoms with van der Waals surface area (Å²) in [5.74, 6) is 1.84. The summed E-state index contributed by atoms with van der Waals surface area (Å²) in [7, 11) is 0. The van der Waals surface area contributed by atoms with Crippen molar-refractivity contribution in [3.8, 4) is 0 Å². The second-order valence-corrected chi connectivity index (χ2v) is 7.13. The van der Waals surface area contributed by atoms with E-state index in [9.17, 15) is 0 Å². The fraction of sp³-hybridized carbons (Fsp3) is 0.765. The van der Waals surface area contributed by atoms with Crippen molar-refractivity contribution in [1.29, 1.82) is 0 Å². The number of hydrogen-bond acceptors (Lipinski definition) is 4. The quantitative estimate of drug-likeness (QED) is 0.924. The van der Waals surface area contributed by atoms with E-state index in [0.717, 1.165) is 43.6 Å². The third-order valence-corrected chi connectivity index (χ3v) is 4.52. The minimum atomic E-state index is 0.414. The predicted octanol–water partition coefficient (Wildman–Crippen LogP) is 3.24. The summed E-state index contributed by atoms with van der Waals surface area (Å²) in [5.41, 5.74) is 1.43. The van der Waals surface area contributed by atoms with Gasteiger partial charge in [-0.15, -0.1) is 0 Å². The Labute approximate surface area is 129 Å². The minimum absolute atomic E-state index is 0.414. The molecule has 0 spiro atoms. The molecule has 2 heterocycles. The number of aromatic nitrogens is 2. The lowest BCUT2D eigenvalue weighted by Crippen LogP contribution is -2.27. The molecule has 1 aliphatic rings. The fourth-order valence-electron chi connectivity index (χ4n) is 3.05. The first-order valence-electron chi connectivity index (χ1n) is 8.27. The Kier molecular flexibility index (Phi) is 5.57. The van der Waals surface area contributed by atoms with Crippen molar-refractivity contribution in [3.05, 3.63) is 18.1 Å². The largest absolute Gasteiger partial charge is 0.355 e. The normalized spacial score (nSPS) is 20.4. The molecular weight excluding hydrogens is 260 g/mol. The van der Waals surface area contributed by atoms with Gasteiger partial charge in [-0.05, 0) is 37.1 Å². The smallest absolute Gasteiger partial charge is 0.147 e. The van der Waals surface area contributed by atoms with Crippen LogP contribution in [0.5, 0.6) is 0 Å². The molecule has 4 nitrogen and oxygen atoms in total. The Hall–Kier alpha value is -1.16. The zero-order chi connectivity index (χ0) is 15.3. The second-order valence-electron chi connectivity index (χ2n) is 7.13. The molecule has 1 aromatic rings. The summed E-state index contributed by atoms with van der Waals surface area (Å²) < 4.78 is 0. The first kappa shape index (κ1) is 16.2. The lowest BCUT2D eigenvalue weighted by Gasteiger charge is -2.29. The van der Waals surface area contributed by atoms with E-state index in [-0.39, 0.29) is 0 Å². The zero-order valence-electron chi connectivity index (χ0n) is 14.0. The van der Waals surface area contributed by atoms with Crippen LogP contribution in [0.15, 0.2) is 12.4 Å². The summed E-state index contributed by atoms with van der Waals surface area (Å²) in [6.07, 6.45) is 7.67. The van der Waals surface area contributed by atoms with Gasteiger partial charge < -0.3 is 10.2 Å². The van der Waals surface area contributed by atoms with E-state index in [1.807, 2.05) is 12.4 Å². The van der Waals surface area contributed by atoms with Gasteiger partial charge in [0.25, 0.3) is 0 Å². The lowest BCUT2D eigenvalue weighted by atomic mass is 9.77. The van der Waals surface area contributed by atoms with E-state index < -0.39 is 0 Å². The second kappa shape index (κ2) is 7.21. The highest BCUT2D eigenvalue weighted by molar-refractivity contribution is 5.35. The number of hydrogen-bond donors (Lipinski definition) is 1. The van der Waals surface area contributed by atoms with Crippen molar-refractivity contribution >= 4 is 5.82 Å². The number of nitrogens with zero attached hydrogens (tertiary/aromatic N) is 3. The molecule has 1 aromatic heterocycles. The summed E-state index contributed by atoms with van der Waals surface area (Å²) >= 11 is 0. The van der Waals surface area contributed by atoms with Crippen LogP contribution in [-0.4, -0.2) is 29.6 Å². The van der Waals surface area contributed by atoms with Crippen molar-refractivity contribution in [2.24, 2.45) is 11.3 Å². The molecule has 1 saturated heterocycles. The maximum atomic E-state index is 4.61. The van der Waals surface area contributed by atoms with Crippen LogP contribution in [0.4, 0.5) is 5.82 Å². The molecule has 2 rings (SSSR count). The Morgan fingerprint density at radius 1 is 1.19 bits per heavy atom. The SMILES string of the molecule is CCNCc1cnc(N2CCCC(C(C)(C)C)CC2)cn1. The highest BCUT2D eigenvalue weighted by atomic mass is 15.2. The van der Waals surface area contributed by atoms with E-state index in [2.05, 4.69) is 47.9 Å². The Morgan fingerprint density at radius 2 is 2.00 bits per heavy atom. The maximum absolute atomic E-state index is 4.61. The monoisotopic (exact) mass is 290 g/mol. The lowest BCUT2D eigenvalue weighted by molar-refractivity contribution is 0.220. The van der Waals surface area contributed by atoms with Gasteiger partial charge >= 0.3 is 0 Å². The summed E-state index contributed by atoms with van der Waals surface area (Å²) in [4.78, 5) is 11.5. The van der Waals surface area contributed by atoms with Crippen molar-refractivity contribution in [2.75, 3.05) is 24.5 Å². The number of rotatable bonds is 4. The number of anilines is 1. The average molecular weight is 290 g/mol. The van der Waals surface area contributed by atoms with Gasteiger partial charge in [-0.2, -0.15) is 0 Å². The van der Waals surface area contributed by atoms with Crippen molar-refractivity contribution in [2.45, 2.75) is 53.5 Å². The van der Waals surface area contributed by atoms with Crippen LogP contribution in [0.3, 0.4) is 0 Å². The maximum Gasteiger partial charge on any atom is 0.147 e. The number of nitrogens with one attached hydrogen (secondary N) is 1. The molecule has 0 amide bonds. The summed E-state index contributed by atoms with van der Waals surface area (Å²) in [6, 6.07) is 0. The molecule has 0 aliphatic carbocycles. The summed E-state index contributed by atoms with van der Waals surface area (Å²) in [5, 5.41) is 3.28. The van der Waals surface area contributed by atoms with Gasteiger partial charge in [0, 0.05) is 19.6 Å². The van der Waals surface area contributed by atoms with Crippen LogP contribution < -0.4 is 10.2 Å². The average Bonchev–Trinajstić information content (AvgIpc) is 2.71.